The molecule has 8 heteroatoms. The normalized spacial score (nSPS) is 13.4. The van der Waals surface area contributed by atoms with Crippen molar-refractivity contribution in [1.82, 2.24) is 14.5 Å². The van der Waals surface area contributed by atoms with E-state index in [1.54, 1.807) is 48.5 Å². The minimum atomic E-state index is -0.330. The Morgan fingerprint density at radius 3 is 2.37 bits per heavy atom. The highest BCUT2D eigenvalue weighted by Crippen LogP contribution is 2.34. The number of pyridine rings is 1. The summed E-state index contributed by atoms with van der Waals surface area (Å²) in [5.74, 6) is -0.423. The minimum absolute atomic E-state index is 0.0214. The first kappa shape index (κ1) is 25.5. The number of nitrogens with one attached hydrogen (secondary N) is 2. The lowest BCUT2D eigenvalue weighted by Crippen LogP contribution is -2.42. The van der Waals surface area contributed by atoms with Crippen molar-refractivity contribution in [1.29, 1.82) is 0 Å². The van der Waals surface area contributed by atoms with Gasteiger partial charge in [0.15, 0.2) is 0 Å². The third-order valence-electron chi connectivity index (χ3n) is 7.22. The highest BCUT2D eigenvalue weighted by atomic mass is 16.3. The quantitative estimate of drug-likeness (QED) is 0.368. The standard InChI is InChI=1S/C30H32N4O4/c1-30(2,3)19-11-9-18(10-12-19)27(36)32-24-8-5-7-20(23(24)17-35)22-16-33(4)29(38)26-21(22)15-25(31-26)28(37)34-13-6-14-34/h5,7-12,15-16,31,35H,6,13-14,17H2,1-4H3,(H,32,36). The van der Waals surface area contributed by atoms with Gasteiger partial charge in [-0.25, -0.2) is 0 Å². The maximum Gasteiger partial charge on any atom is 0.274 e. The summed E-state index contributed by atoms with van der Waals surface area (Å²) in [4.78, 5) is 43.6. The zero-order valence-electron chi connectivity index (χ0n) is 22.1. The van der Waals surface area contributed by atoms with Crippen LogP contribution in [-0.2, 0) is 19.1 Å². The van der Waals surface area contributed by atoms with Gasteiger partial charge in [0.2, 0.25) is 0 Å². The van der Waals surface area contributed by atoms with Crippen molar-refractivity contribution >= 4 is 28.4 Å². The van der Waals surface area contributed by atoms with Crippen LogP contribution in [0.1, 0.15) is 59.2 Å². The van der Waals surface area contributed by atoms with Gasteiger partial charge in [-0.15, -0.1) is 0 Å². The van der Waals surface area contributed by atoms with Crippen molar-refractivity contribution in [2.24, 2.45) is 7.05 Å². The molecule has 5 rings (SSSR count). The third-order valence-corrected chi connectivity index (χ3v) is 7.22. The number of carbonyl (C=O) groups excluding carboxylic acids is 2. The van der Waals surface area contributed by atoms with Crippen molar-refractivity contribution in [3.05, 3.63) is 87.5 Å². The minimum Gasteiger partial charge on any atom is -0.392 e. The Balaban J connectivity index is 1.54. The molecule has 0 spiro atoms. The van der Waals surface area contributed by atoms with Crippen molar-refractivity contribution in [2.45, 2.75) is 39.2 Å². The van der Waals surface area contributed by atoms with E-state index >= 15 is 0 Å². The number of aliphatic hydroxyl groups excluding tert-OH is 1. The molecule has 0 bridgehead atoms. The first-order valence-corrected chi connectivity index (χ1v) is 12.7. The van der Waals surface area contributed by atoms with Gasteiger partial charge in [-0.1, -0.05) is 45.0 Å². The predicted octanol–water partition coefficient (Wildman–Crippen LogP) is 4.42. The molecule has 0 unspecified atom stereocenters. The number of rotatable bonds is 5. The average Bonchev–Trinajstić information content (AvgIpc) is 3.30. The molecule has 0 saturated carbocycles. The molecular weight excluding hydrogens is 480 g/mol. The van der Waals surface area contributed by atoms with Crippen LogP contribution in [0.3, 0.4) is 0 Å². The molecule has 3 N–H and O–H groups in total. The number of hydrogen-bond donors (Lipinski definition) is 3. The number of fused-ring (bicyclic) bond motifs is 1. The number of likely N-dealkylation sites (tertiary alicyclic amines) is 1. The summed E-state index contributed by atoms with van der Waals surface area (Å²) in [6.45, 7) is 7.43. The van der Waals surface area contributed by atoms with E-state index < -0.39 is 0 Å². The molecule has 1 saturated heterocycles. The SMILES string of the molecule is Cn1cc(-c2cccc(NC(=O)c3ccc(C(C)(C)C)cc3)c2CO)c2cc(C(=O)N3CCC3)[nH]c2c1=O. The Kier molecular flexibility index (Phi) is 6.44. The molecule has 2 aromatic carbocycles. The Morgan fingerprint density at radius 1 is 1.05 bits per heavy atom. The van der Waals surface area contributed by atoms with E-state index in [0.717, 1.165) is 12.0 Å². The summed E-state index contributed by atoms with van der Waals surface area (Å²) in [6.07, 6.45) is 2.67. The number of H-pyrrole nitrogens is 1. The van der Waals surface area contributed by atoms with E-state index in [-0.39, 0.29) is 29.4 Å². The lowest BCUT2D eigenvalue weighted by Gasteiger charge is -2.30. The number of hydrogen-bond acceptors (Lipinski definition) is 4. The Labute approximate surface area is 220 Å². The number of aromatic amines is 1. The monoisotopic (exact) mass is 512 g/mol. The first-order valence-electron chi connectivity index (χ1n) is 12.7. The Hall–Kier alpha value is -4.17. The van der Waals surface area contributed by atoms with Gasteiger partial charge in [0.1, 0.15) is 11.2 Å². The fourth-order valence-electron chi connectivity index (χ4n) is 4.80. The van der Waals surface area contributed by atoms with Gasteiger partial charge >= 0.3 is 0 Å². The Morgan fingerprint density at radius 2 is 1.76 bits per heavy atom. The van der Waals surface area contributed by atoms with Crippen LogP contribution < -0.4 is 10.9 Å². The summed E-state index contributed by atoms with van der Waals surface area (Å²) in [7, 11) is 1.65. The molecule has 2 aromatic heterocycles. The number of aliphatic hydroxyl groups is 1. The molecule has 1 aliphatic rings. The lowest BCUT2D eigenvalue weighted by molar-refractivity contribution is 0.0646. The number of nitrogens with zero attached hydrogens (tertiary/aromatic N) is 2. The summed E-state index contributed by atoms with van der Waals surface area (Å²) >= 11 is 0. The molecule has 196 valence electrons. The van der Waals surface area contributed by atoms with Crippen LogP contribution in [-0.4, -0.2) is 44.5 Å². The predicted molar refractivity (Wildman–Crippen MR) is 149 cm³/mol. The fraction of sp³-hybridized carbons (Fsp3) is 0.300. The van der Waals surface area contributed by atoms with Gasteiger partial charge in [-0.05, 0) is 47.2 Å². The summed E-state index contributed by atoms with van der Waals surface area (Å²) in [5, 5.41) is 13.9. The Bertz CT molecular complexity index is 1600. The van der Waals surface area contributed by atoms with Crippen molar-refractivity contribution < 1.29 is 14.7 Å². The van der Waals surface area contributed by atoms with Gasteiger partial charge < -0.3 is 24.9 Å². The van der Waals surface area contributed by atoms with Gasteiger partial charge in [-0.3, -0.25) is 14.4 Å². The number of benzene rings is 2. The molecule has 8 nitrogen and oxygen atoms in total. The number of aryl methyl sites for hydroxylation is 1. The van der Waals surface area contributed by atoms with E-state index in [4.69, 9.17) is 0 Å². The van der Waals surface area contributed by atoms with Crippen LogP contribution in [0.15, 0.2) is 59.5 Å². The molecular formula is C30H32N4O4. The van der Waals surface area contributed by atoms with E-state index in [9.17, 15) is 19.5 Å². The molecule has 0 aliphatic carbocycles. The lowest BCUT2D eigenvalue weighted by atomic mass is 9.86. The van der Waals surface area contributed by atoms with Crippen LogP contribution in [0.5, 0.6) is 0 Å². The maximum atomic E-state index is 13.1. The van der Waals surface area contributed by atoms with Crippen LogP contribution >= 0.6 is 0 Å². The molecule has 0 atom stereocenters. The summed E-state index contributed by atoms with van der Waals surface area (Å²) in [6, 6.07) is 14.6. The van der Waals surface area contributed by atoms with Gasteiger partial charge in [-0.2, -0.15) is 0 Å². The fourth-order valence-corrected chi connectivity index (χ4v) is 4.80. The number of carbonyl (C=O) groups is 2. The molecule has 4 aromatic rings. The maximum absolute atomic E-state index is 13.1. The summed E-state index contributed by atoms with van der Waals surface area (Å²) < 4.78 is 1.45. The van der Waals surface area contributed by atoms with E-state index in [0.29, 0.717) is 57.6 Å². The molecule has 3 heterocycles. The highest BCUT2D eigenvalue weighted by molar-refractivity contribution is 6.06. The summed E-state index contributed by atoms with van der Waals surface area (Å²) in [5.41, 5.74) is 4.39. The van der Waals surface area contributed by atoms with E-state index in [2.05, 4.69) is 31.1 Å². The zero-order valence-corrected chi connectivity index (χ0v) is 22.1. The number of amides is 2. The van der Waals surface area contributed by atoms with E-state index in [1.165, 1.54) is 4.57 Å². The van der Waals surface area contributed by atoms with Gasteiger partial charge in [0.05, 0.1) is 6.61 Å². The second-order valence-electron chi connectivity index (χ2n) is 10.8. The first-order chi connectivity index (χ1) is 18.1. The van der Waals surface area contributed by atoms with Crippen molar-refractivity contribution in [3.63, 3.8) is 0 Å². The van der Waals surface area contributed by atoms with E-state index in [1.807, 2.05) is 18.2 Å². The van der Waals surface area contributed by atoms with Crippen LogP contribution in [0.2, 0.25) is 0 Å². The molecule has 1 fully saturated rings. The van der Waals surface area contributed by atoms with Crippen molar-refractivity contribution in [3.8, 4) is 11.1 Å². The molecule has 0 radical (unpaired) electrons. The number of anilines is 1. The van der Waals surface area contributed by atoms with Crippen LogP contribution in [0, 0.1) is 0 Å². The van der Waals surface area contributed by atoms with Gasteiger partial charge in [0.25, 0.3) is 17.4 Å². The molecule has 2 amide bonds. The number of aromatic nitrogens is 2. The second-order valence-corrected chi connectivity index (χ2v) is 10.8. The molecule has 1 aliphatic heterocycles. The second kappa shape index (κ2) is 9.61. The van der Waals surface area contributed by atoms with Gasteiger partial charge in [0, 0.05) is 54.1 Å². The van der Waals surface area contributed by atoms with Crippen LogP contribution in [0.4, 0.5) is 5.69 Å². The molecule has 38 heavy (non-hydrogen) atoms. The highest BCUT2D eigenvalue weighted by Gasteiger charge is 2.25. The topological polar surface area (TPSA) is 107 Å². The zero-order chi connectivity index (χ0) is 27.2. The van der Waals surface area contributed by atoms with Crippen LogP contribution in [0.25, 0.3) is 22.0 Å². The largest absolute Gasteiger partial charge is 0.392 e. The average molecular weight is 513 g/mol. The third kappa shape index (κ3) is 4.52. The van der Waals surface area contributed by atoms with Crippen molar-refractivity contribution in [2.75, 3.05) is 18.4 Å². The smallest absolute Gasteiger partial charge is 0.274 e.